The molecule has 0 unspecified atom stereocenters. The highest BCUT2D eigenvalue weighted by Gasteiger charge is 2.00. The number of carbonyl (C=O) groups is 1. The maximum Gasteiger partial charge on any atom is 0.394 e. The Morgan fingerprint density at radius 2 is 0.962 bits per heavy atom. The first-order chi connectivity index (χ1) is 12.3. The molecule has 0 bridgehead atoms. The Hall–Kier alpha value is -0.700. The van der Waals surface area contributed by atoms with E-state index in [1.165, 1.54) is 83.5 Å². The third-order valence-corrected chi connectivity index (χ3v) is 4.09. The molecule has 158 valence electrons. The Morgan fingerprint density at radius 1 is 0.692 bits per heavy atom. The van der Waals surface area contributed by atoms with Gasteiger partial charge >= 0.3 is 16.4 Å². The van der Waals surface area contributed by atoms with E-state index in [1.54, 1.807) is 0 Å². The van der Waals surface area contributed by atoms with Crippen molar-refractivity contribution < 1.29 is 32.5 Å². The fraction of sp³-hybridized carbons (Fsp3) is 0.944. The van der Waals surface area contributed by atoms with Gasteiger partial charge in [-0.1, -0.05) is 96.8 Å². The number of rotatable bonds is 16. The fourth-order valence-corrected chi connectivity index (χ4v) is 2.69. The van der Waals surface area contributed by atoms with Crippen molar-refractivity contribution in [1.82, 2.24) is 0 Å². The topological polar surface area (TPSA) is 121 Å². The lowest BCUT2D eigenvalue weighted by Gasteiger charge is -2.03. The second-order valence-corrected chi connectivity index (χ2v) is 7.51. The summed E-state index contributed by atoms with van der Waals surface area (Å²) >= 11 is 0. The predicted octanol–water partition coefficient (Wildman–Crippen LogP) is 5.61. The molecule has 0 aromatic rings. The van der Waals surface area contributed by atoms with Gasteiger partial charge in [0.15, 0.2) is 0 Å². The van der Waals surface area contributed by atoms with Crippen LogP contribution < -0.4 is 0 Å². The van der Waals surface area contributed by atoms with Crippen molar-refractivity contribution in [3.8, 4) is 0 Å². The molecule has 0 rings (SSSR count). The molecule has 0 fully saturated rings. The minimum atomic E-state index is -4.67. The van der Waals surface area contributed by atoms with E-state index in [0.29, 0.717) is 6.42 Å². The van der Waals surface area contributed by atoms with Crippen LogP contribution in [0, 0.1) is 0 Å². The molecule has 0 amide bonds. The highest BCUT2D eigenvalue weighted by atomic mass is 32.3. The molecular formula is C18H38O7S. The predicted molar refractivity (Wildman–Crippen MR) is 102 cm³/mol. The quantitative estimate of drug-likeness (QED) is 0.134. The molecule has 0 aromatic heterocycles. The van der Waals surface area contributed by atoms with Gasteiger partial charge in [-0.3, -0.25) is 9.11 Å². The van der Waals surface area contributed by atoms with Crippen LogP contribution in [0.4, 0.5) is 0 Å². The van der Waals surface area contributed by atoms with Gasteiger partial charge in [0.25, 0.3) is 0 Å². The summed E-state index contributed by atoms with van der Waals surface area (Å²) in [7, 11) is -4.67. The molecule has 0 saturated heterocycles. The summed E-state index contributed by atoms with van der Waals surface area (Å²) in [5.41, 5.74) is 0. The van der Waals surface area contributed by atoms with Crippen LogP contribution in [0.1, 0.15) is 110 Å². The van der Waals surface area contributed by atoms with Gasteiger partial charge in [0.2, 0.25) is 0 Å². The summed E-state index contributed by atoms with van der Waals surface area (Å²) in [6.07, 6.45) is 20.0. The zero-order chi connectivity index (χ0) is 20.1. The Labute approximate surface area is 159 Å². The SMILES string of the molecule is CCCCCCCCCCCCCCCCCC(=O)OO.O=S(=O)(O)O. The van der Waals surface area contributed by atoms with E-state index in [0.717, 1.165) is 12.8 Å². The van der Waals surface area contributed by atoms with Gasteiger partial charge in [0.05, 0.1) is 0 Å². The number of hydrogen-bond acceptors (Lipinski definition) is 5. The molecule has 26 heavy (non-hydrogen) atoms. The van der Waals surface area contributed by atoms with Crippen molar-refractivity contribution in [2.24, 2.45) is 0 Å². The zero-order valence-electron chi connectivity index (χ0n) is 16.2. The molecule has 0 atom stereocenters. The van der Waals surface area contributed by atoms with Crippen molar-refractivity contribution in [2.45, 2.75) is 110 Å². The molecule has 3 N–H and O–H groups in total. The average molecular weight is 399 g/mol. The minimum Gasteiger partial charge on any atom is -0.301 e. The molecule has 0 saturated carbocycles. The van der Waals surface area contributed by atoms with Crippen molar-refractivity contribution in [2.75, 3.05) is 0 Å². The minimum absolute atomic E-state index is 0.342. The Bertz CT molecular complexity index is 388. The molecule has 0 aliphatic rings. The first kappa shape index (κ1) is 27.5. The number of carbonyl (C=O) groups excluding carboxylic acids is 1. The Kier molecular flexibility index (Phi) is 21.8. The molecule has 0 spiro atoms. The van der Waals surface area contributed by atoms with Crippen molar-refractivity contribution >= 4 is 16.4 Å². The van der Waals surface area contributed by atoms with E-state index >= 15 is 0 Å². The molecule has 0 heterocycles. The molecule has 0 radical (unpaired) electrons. The van der Waals surface area contributed by atoms with Crippen LogP contribution in [0.5, 0.6) is 0 Å². The van der Waals surface area contributed by atoms with E-state index in [2.05, 4.69) is 11.8 Å². The van der Waals surface area contributed by atoms with Gasteiger partial charge in [-0.05, 0) is 6.42 Å². The van der Waals surface area contributed by atoms with Crippen molar-refractivity contribution in [3.05, 3.63) is 0 Å². The first-order valence-electron chi connectivity index (χ1n) is 9.85. The van der Waals surface area contributed by atoms with Crippen LogP contribution in [-0.4, -0.2) is 28.7 Å². The van der Waals surface area contributed by atoms with Gasteiger partial charge in [-0.25, -0.2) is 4.79 Å². The monoisotopic (exact) mass is 398 g/mol. The second-order valence-electron chi connectivity index (χ2n) is 6.61. The average Bonchev–Trinajstić information content (AvgIpc) is 2.56. The molecule has 0 aliphatic heterocycles. The maximum atomic E-state index is 10.7. The van der Waals surface area contributed by atoms with Crippen molar-refractivity contribution in [1.29, 1.82) is 0 Å². The van der Waals surface area contributed by atoms with E-state index in [4.69, 9.17) is 22.8 Å². The van der Waals surface area contributed by atoms with Crippen LogP contribution in [0.3, 0.4) is 0 Å². The third-order valence-electron chi connectivity index (χ3n) is 4.09. The molecule has 8 heteroatoms. The third kappa shape index (κ3) is 34.6. The summed E-state index contributed by atoms with van der Waals surface area (Å²) in [5, 5.41) is 8.10. The standard InChI is InChI=1S/C18H36O3.H2O4S/c1-2-3-4-5-6-7-8-9-10-11-12-13-14-15-16-17-18(19)21-20;1-5(2,3)4/h20H,2-17H2,1H3;(H2,1,2,3,4). The van der Waals surface area contributed by atoms with Gasteiger partial charge in [0.1, 0.15) is 0 Å². The molecular weight excluding hydrogens is 360 g/mol. The van der Waals surface area contributed by atoms with Crippen LogP contribution in [-0.2, 0) is 20.1 Å². The van der Waals surface area contributed by atoms with E-state index in [9.17, 15) is 4.79 Å². The Morgan fingerprint density at radius 3 is 1.23 bits per heavy atom. The summed E-state index contributed by atoms with van der Waals surface area (Å²) in [6.45, 7) is 2.27. The van der Waals surface area contributed by atoms with E-state index in [-0.39, 0.29) is 0 Å². The van der Waals surface area contributed by atoms with Crippen LogP contribution in [0.2, 0.25) is 0 Å². The number of unbranched alkanes of at least 4 members (excludes halogenated alkanes) is 14. The summed E-state index contributed by atoms with van der Waals surface area (Å²) in [6, 6.07) is 0. The normalized spacial score (nSPS) is 10.9. The Balaban J connectivity index is 0. The lowest BCUT2D eigenvalue weighted by Crippen LogP contribution is -1.99. The highest BCUT2D eigenvalue weighted by molar-refractivity contribution is 7.79. The van der Waals surface area contributed by atoms with E-state index < -0.39 is 16.4 Å². The van der Waals surface area contributed by atoms with Crippen LogP contribution in [0.15, 0.2) is 0 Å². The zero-order valence-corrected chi connectivity index (χ0v) is 17.0. The van der Waals surface area contributed by atoms with Crippen LogP contribution in [0.25, 0.3) is 0 Å². The van der Waals surface area contributed by atoms with E-state index in [1.807, 2.05) is 0 Å². The molecule has 7 nitrogen and oxygen atoms in total. The lowest BCUT2D eigenvalue weighted by molar-refractivity contribution is -0.234. The van der Waals surface area contributed by atoms with Crippen molar-refractivity contribution in [3.63, 3.8) is 0 Å². The summed E-state index contributed by atoms with van der Waals surface area (Å²) in [5.74, 6) is -0.510. The largest absolute Gasteiger partial charge is 0.394 e. The molecule has 0 aliphatic carbocycles. The smallest absolute Gasteiger partial charge is 0.301 e. The first-order valence-corrected chi connectivity index (χ1v) is 11.2. The van der Waals surface area contributed by atoms with Gasteiger partial charge < -0.3 is 4.89 Å². The highest BCUT2D eigenvalue weighted by Crippen LogP contribution is 2.13. The fourth-order valence-electron chi connectivity index (χ4n) is 2.69. The van der Waals surface area contributed by atoms with Gasteiger partial charge in [-0.2, -0.15) is 13.7 Å². The summed E-state index contributed by atoms with van der Waals surface area (Å²) < 4.78 is 31.6. The second kappa shape index (κ2) is 20.6. The summed E-state index contributed by atoms with van der Waals surface area (Å²) in [4.78, 5) is 14.3. The van der Waals surface area contributed by atoms with Crippen LogP contribution >= 0.6 is 0 Å². The lowest BCUT2D eigenvalue weighted by atomic mass is 10.0. The van der Waals surface area contributed by atoms with Gasteiger partial charge in [0, 0.05) is 6.42 Å². The number of hydrogen-bond donors (Lipinski definition) is 3. The molecule has 0 aromatic carbocycles. The maximum absolute atomic E-state index is 10.7. The van der Waals surface area contributed by atoms with Gasteiger partial charge in [-0.15, -0.1) is 0 Å².